The van der Waals surface area contributed by atoms with Crippen LogP contribution in [0.4, 0.5) is 11.4 Å². The number of carbonyl (C=O) groups is 1. The highest BCUT2D eigenvalue weighted by atomic mass is 16.6. The van der Waals surface area contributed by atoms with Crippen molar-refractivity contribution in [2.75, 3.05) is 11.9 Å². The lowest BCUT2D eigenvalue weighted by molar-refractivity contribution is -0.384. The number of anilines is 1. The molecule has 1 aromatic carbocycles. The lowest BCUT2D eigenvalue weighted by atomic mass is 10.2. The molecule has 0 fully saturated rings. The minimum absolute atomic E-state index is 0.0734. The number of hydrogen-bond acceptors (Lipinski definition) is 4. The summed E-state index contributed by atoms with van der Waals surface area (Å²) in [4.78, 5) is 20.5. The van der Waals surface area contributed by atoms with Gasteiger partial charge in [0.15, 0.2) is 0 Å². The van der Waals surface area contributed by atoms with E-state index in [0.717, 1.165) is 18.5 Å². The Balaban J connectivity index is 2.27. The number of benzene rings is 1. The van der Waals surface area contributed by atoms with Gasteiger partial charge in [-0.3, -0.25) is 14.9 Å². The van der Waals surface area contributed by atoms with Crippen LogP contribution in [0.3, 0.4) is 0 Å². The molecular formula is C11H15N3O3. The molecule has 3 N–H and O–H groups in total. The van der Waals surface area contributed by atoms with E-state index in [0.29, 0.717) is 13.0 Å². The second-order valence-electron chi connectivity index (χ2n) is 3.65. The van der Waals surface area contributed by atoms with Gasteiger partial charge in [-0.25, -0.2) is 0 Å². The third-order valence-electron chi connectivity index (χ3n) is 2.26. The second kappa shape index (κ2) is 6.47. The van der Waals surface area contributed by atoms with Crippen LogP contribution in [-0.4, -0.2) is 17.4 Å². The number of rotatable bonds is 7. The van der Waals surface area contributed by atoms with Crippen LogP contribution in [0, 0.1) is 10.1 Å². The number of amides is 1. The fraction of sp³-hybridized carbons (Fsp3) is 0.364. The quantitative estimate of drug-likeness (QED) is 0.428. The molecule has 0 saturated carbocycles. The van der Waals surface area contributed by atoms with Gasteiger partial charge in [0.25, 0.3) is 5.69 Å². The molecule has 0 aliphatic heterocycles. The molecule has 1 amide bonds. The molecule has 0 unspecified atom stereocenters. The minimum atomic E-state index is -0.434. The summed E-state index contributed by atoms with van der Waals surface area (Å²) in [6.07, 6.45) is 1.97. The number of nitrogens with one attached hydrogen (secondary N) is 1. The monoisotopic (exact) mass is 237 g/mol. The van der Waals surface area contributed by atoms with Gasteiger partial charge in [-0.1, -0.05) is 0 Å². The van der Waals surface area contributed by atoms with Crippen LogP contribution in [0.15, 0.2) is 24.3 Å². The molecule has 6 nitrogen and oxygen atoms in total. The van der Waals surface area contributed by atoms with Gasteiger partial charge in [-0.15, -0.1) is 0 Å². The summed E-state index contributed by atoms with van der Waals surface area (Å²) in [6.45, 7) is 0.713. The fourth-order valence-electron chi connectivity index (χ4n) is 1.36. The van der Waals surface area contributed by atoms with E-state index in [2.05, 4.69) is 5.32 Å². The van der Waals surface area contributed by atoms with Crippen molar-refractivity contribution >= 4 is 17.3 Å². The number of unbranched alkanes of at least 4 members (excludes halogenated alkanes) is 1. The standard InChI is InChI=1S/C11H15N3O3/c12-11(15)3-1-2-8-13-9-4-6-10(7-5-9)14(16)17/h4-7,13H,1-3,8H2,(H2,12,15). The molecule has 0 spiro atoms. The van der Waals surface area contributed by atoms with Gasteiger partial charge in [-0.2, -0.15) is 0 Å². The summed E-state index contributed by atoms with van der Waals surface area (Å²) in [7, 11) is 0. The number of hydrogen-bond donors (Lipinski definition) is 2. The van der Waals surface area contributed by atoms with Crippen LogP contribution in [0.1, 0.15) is 19.3 Å². The first-order valence-corrected chi connectivity index (χ1v) is 5.36. The van der Waals surface area contributed by atoms with Crippen LogP contribution in [0.25, 0.3) is 0 Å². The van der Waals surface area contributed by atoms with Crippen molar-refractivity contribution in [3.8, 4) is 0 Å². The first kappa shape index (κ1) is 13.0. The SMILES string of the molecule is NC(=O)CCCCNc1ccc([N+](=O)[O-])cc1. The molecule has 1 aromatic rings. The number of nitro groups is 1. The summed E-state index contributed by atoms with van der Waals surface area (Å²) in [6, 6.07) is 6.22. The maximum absolute atomic E-state index is 10.5. The highest BCUT2D eigenvalue weighted by Gasteiger charge is 2.03. The zero-order chi connectivity index (χ0) is 12.7. The van der Waals surface area contributed by atoms with Crippen molar-refractivity contribution in [3.63, 3.8) is 0 Å². The topological polar surface area (TPSA) is 98.3 Å². The highest BCUT2D eigenvalue weighted by molar-refractivity contribution is 5.73. The fourth-order valence-corrected chi connectivity index (χ4v) is 1.36. The Morgan fingerprint density at radius 1 is 1.29 bits per heavy atom. The van der Waals surface area contributed by atoms with Crippen LogP contribution in [-0.2, 0) is 4.79 Å². The predicted octanol–water partition coefficient (Wildman–Crippen LogP) is 1.66. The van der Waals surface area contributed by atoms with Crippen molar-refractivity contribution in [3.05, 3.63) is 34.4 Å². The molecule has 6 heteroatoms. The molecule has 17 heavy (non-hydrogen) atoms. The van der Waals surface area contributed by atoms with E-state index in [1.165, 1.54) is 12.1 Å². The number of nitro benzene ring substituents is 1. The molecule has 0 aliphatic carbocycles. The summed E-state index contributed by atoms with van der Waals surface area (Å²) in [5.74, 6) is -0.291. The second-order valence-corrected chi connectivity index (χ2v) is 3.65. The largest absolute Gasteiger partial charge is 0.385 e. The zero-order valence-corrected chi connectivity index (χ0v) is 9.39. The molecule has 0 saturated heterocycles. The van der Waals surface area contributed by atoms with Gasteiger partial charge in [0, 0.05) is 30.8 Å². The van der Waals surface area contributed by atoms with Crippen molar-refractivity contribution in [2.45, 2.75) is 19.3 Å². The van der Waals surface area contributed by atoms with E-state index in [1.807, 2.05) is 0 Å². The molecule has 0 aromatic heterocycles. The van der Waals surface area contributed by atoms with E-state index in [4.69, 9.17) is 5.73 Å². The Hall–Kier alpha value is -2.11. The third-order valence-corrected chi connectivity index (χ3v) is 2.26. The number of non-ortho nitro benzene ring substituents is 1. The number of carbonyl (C=O) groups excluding carboxylic acids is 1. The van der Waals surface area contributed by atoms with Crippen molar-refractivity contribution < 1.29 is 9.72 Å². The molecule has 1 rings (SSSR count). The predicted molar refractivity (Wildman–Crippen MR) is 64.6 cm³/mol. The highest BCUT2D eigenvalue weighted by Crippen LogP contribution is 2.15. The Labute approximate surface area is 99.0 Å². The zero-order valence-electron chi connectivity index (χ0n) is 9.39. The van der Waals surface area contributed by atoms with Gasteiger partial charge in [-0.05, 0) is 25.0 Å². The number of nitrogens with two attached hydrogens (primary N) is 1. The summed E-state index contributed by atoms with van der Waals surface area (Å²) < 4.78 is 0. The molecule has 0 atom stereocenters. The van der Waals surface area contributed by atoms with Crippen molar-refractivity contribution in [1.82, 2.24) is 0 Å². The average Bonchev–Trinajstić information content (AvgIpc) is 2.29. The maximum Gasteiger partial charge on any atom is 0.269 e. The van der Waals surface area contributed by atoms with Crippen LogP contribution >= 0.6 is 0 Å². The van der Waals surface area contributed by atoms with Gasteiger partial charge < -0.3 is 11.1 Å². The average molecular weight is 237 g/mol. The lowest BCUT2D eigenvalue weighted by Crippen LogP contribution is -2.10. The van der Waals surface area contributed by atoms with E-state index < -0.39 is 4.92 Å². The third kappa shape index (κ3) is 4.96. The maximum atomic E-state index is 10.5. The Bertz CT molecular complexity index is 389. The Morgan fingerprint density at radius 3 is 2.47 bits per heavy atom. The van der Waals surface area contributed by atoms with Gasteiger partial charge in [0.2, 0.25) is 5.91 Å². The Kier molecular flexibility index (Phi) is 4.93. The molecule has 92 valence electrons. The summed E-state index contributed by atoms with van der Waals surface area (Å²) in [5.41, 5.74) is 5.91. The van der Waals surface area contributed by atoms with Gasteiger partial charge >= 0.3 is 0 Å². The van der Waals surface area contributed by atoms with Crippen LogP contribution < -0.4 is 11.1 Å². The number of primary amides is 1. The first-order valence-electron chi connectivity index (χ1n) is 5.36. The Morgan fingerprint density at radius 2 is 1.94 bits per heavy atom. The molecular weight excluding hydrogens is 222 g/mol. The molecule has 0 heterocycles. The minimum Gasteiger partial charge on any atom is -0.385 e. The molecule has 0 aliphatic rings. The normalized spacial score (nSPS) is 9.88. The summed E-state index contributed by atoms with van der Waals surface area (Å²) >= 11 is 0. The van der Waals surface area contributed by atoms with Crippen LogP contribution in [0.2, 0.25) is 0 Å². The molecule has 0 radical (unpaired) electrons. The summed E-state index contributed by atoms with van der Waals surface area (Å²) in [5, 5.41) is 13.5. The van der Waals surface area contributed by atoms with E-state index >= 15 is 0 Å². The van der Waals surface area contributed by atoms with E-state index in [9.17, 15) is 14.9 Å². The smallest absolute Gasteiger partial charge is 0.269 e. The van der Waals surface area contributed by atoms with Crippen LogP contribution in [0.5, 0.6) is 0 Å². The number of nitrogens with zero attached hydrogens (tertiary/aromatic N) is 1. The van der Waals surface area contributed by atoms with Crippen molar-refractivity contribution in [2.24, 2.45) is 5.73 Å². The van der Waals surface area contributed by atoms with E-state index in [-0.39, 0.29) is 11.6 Å². The molecule has 0 bridgehead atoms. The van der Waals surface area contributed by atoms with Crippen molar-refractivity contribution in [1.29, 1.82) is 0 Å². The van der Waals surface area contributed by atoms with Gasteiger partial charge in [0.05, 0.1) is 4.92 Å². The lowest BCUT2D eigenvalue weighted by Gasteiger charge is -2.05. The first-order chi connectivity index (χ1) is 8.09. The van der Waals surface area contributed by atoms with E-state index in [1.54, 1.807) is 12.1 Å². The van der Waals surface area contributed by atoms with Gasteiger partial charge in [0.1, 0.15) is 0 Å².